The summed E-state index contributed by atoms with van der Waals surface area (Å²) in [5, 5.41) is 9.21. The van der Waals surface area contributed by atoms with E-state index in [0.29, 0.717) is 6.42 Å². The summed E-state index contributed by atoms with van der Waals surface area (Å²) in [6, 6.07) is 2.86. The molecule has 1 aliphatic heterocycles. The molecule has 0 amide bonds. The lowest BCUT2D eigenvalue weighted by atomic mass is 10.0. The molecular weight excluding hydrogens is 333 g/mol. The van der Waals surface area contributed by atoms with Crippen LogP contribution in [0.5, 0.6) is 0 Å². The van der Waals surface area contributed by atoms with Crippen LogP contribution < -0.4 is 0 Å². The minimum atomic E-state index is -4.83. The normalized spacial score (nSPS) is 13.9. The monoisotopic (exact) mass is 342 g/mol. The summed E-state index contributed by atoms with van der Waals surface area (Å²) in [6.45, 7) is 0.239. The Kier molecular flexibility index (Phi) is 3.68. The first kappa shape index (κ1) is 15.6. The van der Waals surface area contributed by atoms with E-state index in [4.69, 9.17) is 11.6 Å². The van der Waals surface area contributed by atoms with E-state index in [-0.39, 0.29) is 28.6 Å². The number of halogens is 4. The lowest BCUT2D eigenvalue weighted by Gasteiger charge is -2.16. The molecule has 3 rings (SSSR count). The van der Waals surface area contributed by atoms with Crippen LogP contribution in [-0.2, 0) is 12.7 Å². The van der Waals surface area contributed by atoms with Crippen molar-refractivity contribution in [3.63, 3.8) is 0 Å². The fraction of sp³-hybridized carbons (Fsp3) is 0.200. The molecular formula is C15H10ClF3N2O2. The molecule has 2 aromatic heterocycles. The second kappa shape index (κ2) is 5.42. The maximum absolute atomic E-state index is 13.6. The van der Waals surface area contributed by atoms with E-state index in [2.05, 4.69) is 4.98 Å². The fourth-order valence-electron chi connectivity index (χ4n) is 2.78. The van der Waals surface area contributed by atoms with Gasteiger partial charge in [-0.1, -0.05) is 17.7 Å². The van der Waals surface area contributed by atoms with Crippen molar-refractivity contribution >= 4 is 23.6 Å². The van der Waals surface area contributed by atoms with Crippen LogP contribution in [-0.4, -0.2) is 20.6 Å². The van der Waals surface area contributed by atoms with Gasteiger partial charge in [-0.2, -0.15) is 13.2 Å². The highest BCUT2D eigenvalue weighted by molar-refractivity contribution is 6.32. The second-order valence-electron chi connectivity index (χ2n) is 4.97. The van der Waals surface area contributed by atoms with Crippen molar-refractivity contribution in [2.75, 3.05) is 0 Å². The van der Waals surface area contributed by atoms with Crippen molar-refractivity contribution in [1.82, 2.24) is 9.55 Å². The van der Waals surface area contributed by atoms with E-state index in [1.807, 2.05) is 0 Å². The summed E-state index contributed by atoms with van der Waals surface area (Å²) in [5.41, 5.74) is -2.13. The third-order valence-electron chi connectivity index (χ3n) is 3.61. The predicted octanol–water partition coefficient (Wildman–Crippen LogP) is 4.34. The van der Waals surface area contributed by atoms with Crippen LogP contribution in [0, 0.1) is 0 Å². The average Bonchev–Trinajstić information content (AvgIpc) is 2.83. The molecule has 120 valence electrons. The summed E-state index contributed by atoms with van der Waals surface area (Å²) < 4.78 is 42.2. The van der Waals surface area contributed by atoms with Gasteiger partial charge in [-0.05, 0) is 24.6 Å². The van der Waals surface area contributed by atoms with Gasteiger partial charge in [0.2, 0.25) is 0 Å². The summed E-state index contributed by atoms with van der Waals surface area (Å²) >= 11 is 5.95. The molecule has 0 saturated heterocycles. The van der Waals surface area contributed by atoms with E-state index in [0.717, 1.165) is 0 Å². The van der Waals surface area contributed by atoms with Gasteiger partial charge in [0.15, 0.2) is 0 Å². The maximum Gasteiger partial charge on any atom is 0.419 e. The molecule has 0 spiro atoms. The number of carboxylic acids is 1. The molecule has 0 aromatic carbocycles. The van der Waals surface area contributed by atoms with Crippen molar-refractivity contribution in [2.45, 2.75) is 19.1 Å². The number of carbonyl (C=O) groups is 1. The van der Waals surface area contributed by atoms with Gasteiger partial charge in [0, 0.05) is 18.3 Å². The van der Waals surface area contributed by atoms with Gasteiger partial charge in [-0.15, -0.1) is 0 Å². The molecule has 0 unspecified atom stereocenters. The molecule has 0 bridgehead atoms. The Labute approximate surface area is 133 Å². The zero-order valence-electron chi connectivity index (χ0n) is 11.6. The maximum atomic E-state index is 13.6. The van der Waals surface area contributed by atoms with E-state index in [1.165, 1.54) is 29.0 Å². The van der Waals surface area contributed by atoms with Crippen molar-refractivity contribution in [3.8, 4) is 11.3 Å². The Morgan fingerprint density at radius 1 is 1.39 bits per heavy atom. The number of pyridine rings is 1. The largest absolute Gasteiger partial charge is 0.478 e. The standard InChI is InChI=1S/C15H10ClF3N2O2/c16-13-8(4-3-6-20-13)12-11(15(17,18)19)10(14(22)23)9-5-1-2-7-21(9)12/h1,3-6H,2,7H2,(H,22,23). The Balaban J connectivity index is 2.46. The van der Waals surface area contributed by atoms with Crippen LogP contribution >= 0.6 is 11.6 Å². The van der Waals surface area contributed by atoms with Crippen molar-refractivity contribution < 1.29 is 23.1 Å². The van der Waals surface area contributed by atoms with Gasteiger partial charge in [-0.25, -0.2) is 9.78 Å². The molecule has 0 fully saturated rings. The second-order valence-corrected chi connectivity index (χ2v) is 5.33. The van der Waals surface area contributed by atoms with Crippen molar-refractivity contribution in [3.05, 3.63) is 46.4 Å². The summed E-state index contributed by atoms with van der Waals surface area (Å²) in [7, 11) is 0. The van der Waals surface area contributed by atoms with Crippen molar-refractivity contribution in [1.29, 1.82) is 0 Å². The van der Waals surface area contributed by atoms with Crippen LogP contribution in [0.1, 0.15) is 28.0 Å². The molecule has 1 aliphatic rings. The Morgan fingerprint density at radius 2 is 2.13 bits per heavy atom. The van der Waals surface area contributed by atoms with Crippen LogP contribution in [0.25, 0.3) is 17.3 Å². The lowest BCUT2D eigenvalue weighted by Crippen LogP contribution is -2.12. The number of hydrogen-bond donors (Lipinski definition) is 1. The zero-order chi connectivity index (χ0) is 16.8. The number of alkyl halides is 3. The Morgan fingerprint density at radius 3 is 2.74 bits per heavy atom. The van der Waals surface area contributed by atoms with Gasteiger partial charge in [0.1, 0.15) is 5.15 Å². The molecule has 8 heteroatoms. The number of carboxylic acid groups (broad SMARTS) is 1. The topological polar surface area (TPSA) is 55.1 Å². The molecule has 0 atom stereocenters. The summed E-state index contributed by atoms with van der Waals surface area (Å²) in [5.74, 6) is -1.63. The van der Waals surface area contributed by atoms with E-state index in [1.54, 1.807) is 6.08 Å². The third kappa shape index (κ3) is 2.50. The lowest BCUT2D eigenvalue weighted by molar-refractivity contribution is -0.137. The van der Waals surface area contributed by atoms with E-state index in [9.17, 15) is 23.1 Å². The van der Waals surface area contributed by atoms with Gasteiger partial charge in [-0.3, -0.25) is 0 Å². The van der Waals surface area contributed by atoms with Crippen LogP contribution in [0.4, 0.5) is 13.2 Å². The minimum Gasteiger partial charge on any atom is -0.478 e. The van der Waals surface area contributed by atoms with Crippen molar-refractivity contribution in [2.24, 2.45) is 0 Å². The smallest absolute Gasteiger partial charge is 0.419 e. The Hall–Kier alpha value is -2.28. The van der Waals surface area contributed by atoms with Crippen LogP contribution in [0.2, 0.25) is 5.15 Å². The quantitative estimate of drug-likeness (QED) is 0.826. The number of hydrogen-bond acceptors (Lipinski definition) is 2. The minimum absolute atomic E-state index is 0.0194. The first-order valence-electron chi connectivity index (χ1n) is 6.66. The highest BCUT2D eigenvalue weighted by Crippen LogP contribution is 2.45. The molecule has 1 N–H and O–H groups in total. The van der Waals surface area contributed by atoms with E-state index >= 15 is 0 Å². The molecule has 4 nitrogen and oxygen atoms in total. The number of aromatic carboxylic acids is 1. The molecule has 2 aromatic rings. The van der Waals surface area contributed by atoms with Gasteiger partial charge in [0.05, 0.1) is 22.5 Å². The first-order chi connectivity index (χ1) is 10.8. The summed E-state index contributed by atoms with van der Waals surface area (Å²) in [6.07, 6.45) is 0.0764. The SMILES string of the molecule is O=C(O)c1c(C(F)(F)F)c(-c2cccnc2Cl)n2c1C=CCC2. The van der Waals surface area contributed by atoms with Gasteiger partial charge < -0.3 is 9.67 Å². The molecule has 23 heavy (non-hydrogen) atoms. The highest BCUT2D eigenvalue weighted by Gasteiger charge is 2.43. The molecule has 0 aliphatic carbocycles. The number of nitrogens with zero attached hydrogens (tertiary/aromatic N) is 2. The average molecular weight is 343 g/mol. The number of aromatic nitrogens is 2. The van der Waals surface area contributed by atoms with Crippen LogP contribution in [0.15, 0.2) is 24.4 Å². The molecule has 3 heterocycles. The highest BCUT2D eigenvalue weighted by atomic mass is 35.5. The van der Waals surface area contributed by atoms with E-state index < -0.39 is 23.3 Å². The van der Waals surface area contributed by atoms with Crippen LogP contribution in [0.3, 0.4) is 0 Å². The van der Waals surface area contributed by atoms with Gasteiger partial charge in [0.25, 0.3) is 0 Å². The van der Waals surface area contributed by atoms with Gasteiger partial charge >= 0.3 is 12.1 Å². The third-order valence-corrected chi connectivity index (χ3v) is 3.91. The number of allylic oxidation sites excluding steroid dienone is 1. The summed E-state index contributed by atoms with van der Waals surface area (Å²) in [4.78, 5) is 15.3. The first-order valence-corrected chi connectivity index (χ1v) is 7.04. The molecule has 0 saturated carbocycles. The fourth-order valence-corrected chi connectivity index (χ4v) is 2.99. The zero-order valence-corrected chi connectivity index (χ0v) is 12.3. The Bertz CT molecular complexity index is 825. The number of rotatable bonds is 2. The molecule has 0 radical (unpaired) electrons. The predicted molar refractivity (Wildman–Crippen MR) is 78.3 cm³/mol. The number of fused-ring (bicyclic) bond motifs is 1.